The SMILES string of the molecule is C=Cc1ccc(O)c(O[C@H]2C(CCN(CC(C)(C)C)C(=O)O)=CCC[C@@H]2O[Si](C)(C)C(C)(C)C)c1. The molecule has 0 heterocycles. The van der Waals surface area contributed by atoms with Crippen molar-refractivity contribution in [2.75, 3.05) is 13.1 Å². The molecule has 1 aliphatic carbocycles. The van der Waals surface area contributed by atoms with Crippen LogP contribution in [0.15, 0.2) is 36.4 Å². The molecule has 1 aromatic carbocycles. The Morgan fingerprint density at radius 1 is 1.23 bits per heavy atom. The topological polar surface area (TPSA) is 79.2 Å². The van der Waals surface area contributed by atoms with Crippen LogP contribution in [0.1, 0.15) is 66.4 Å². The minimum absolute atomic E-state index is 0.0383. The Morgan fingerprint density at radius 3 is 2.43 bits per heavy atom. The summed E-state index contributed by atoms with van der Waals surface area (Å²) in [6, 6.07) is 5.17. The summed E-state index contributed by atoms with van der Waals surface area (Å²) in [4.78, 5) is 13.4. The molecule has 0 bridgehead atoms. The van der Waals surface area contributed by atoms with Gasteiger partial charge in [0.25, 0.3) is 0 Å². The van der Waals surface area contributed by atoms with Crippen molar-refractivity contribution in [2.45, 2.75) is 91.1 Å². The number of phenols is 1. The quantitative estimate of drug-likeness (QED) is 0.273. The summed E-state index contributed by atoms with van der Waals surface area (Å²) in [7, 11) is -2.10. The maximum atomic E-state index is 11.9. The van der Waals surface area contributed by atoms with E-state index in [0.717, 1.165) is 24.0 Å². The van der Waals surface area contributed by atoms with Gasteiger partial charge in [-0.2, -0.15) is 0 Å². The van der Waals surface area contributed by atoms with Gasteiger partial charge in [0.05, 0.1) is 6.10 Å². The number of phenolic OH excluding ortho intramolecular Hbond substituents is 1. The predicted molar refractivity (Wildman–Crippen MR) is 146 cm³/mol. The van der Waals surface area contributed by atoms with Crippen LogP contribution in [0.3, 0.4) is 0 Å². The summed E-state index contributed by atoms with van der Waals surface area (Å²) in [6.07, 6.45) is 4.57. The molecule has 196 valence electrons. The number of amides is 1. The van der Waals surface area contributed by atoms with Crippen LogP contribution in [0.2, 0.25) is 18.1 Å². The van der Waals surface area contributed by atoms with Gasteiger partial charge in [-0.1, -0.05) is 66.3 Å². The van der Waals surface area contributed by atoms with Gasteiger partial charge in [0.15, 0.2) is 19.8 Å². The Balaban J connectivity index is 2.36. The molecular weight excluding hydrogens is 458 g/mol. The number of allylic oxidation sites excluding steroid dienone is 1. The second-order valence-corrected chi connectivity index (χ2v) is 17.0. The van der Waals surface area contributed by atoms with Gasteiger partial charge in [0.2, 0.25) is 0 Å². The van der Waals surface area contributed by atoms with E-state index >= 15 is 0 Å². The summed E-state index contributed by atoms with van der Waals surface area (Å²) in [5.41, 5.74) is 1.73. The summed E-state index contributed by atoms with van der Waals surface area (Å²) in [6.45, 7) is 21.9. The highest BCUT2D eigenvalue weighted by Gasteiger charge is 2.42. The fourth-order valence-electron chi connectivity index (χ4n) is 3.98. The van der Waals surface area contributed by atoms with E-state index in [2.05, 4.69) is 46.5 Å². The highest BCUT2D eigenvalue weighted by Crippen LogP contribution is 2.41. The van der Waals surface area contributed by atoms with E-state index in [1.54, 1.807) is 24.3 Å². The number of rotatable bonds is 9. The van der Waals surface area contributed by atoms with Crippen LogP contribution in [0.25, 0.3) is 6.08 Å². The fraction of sp³-hybridized carbons (Fsp3) is 0.607. The van der Waals surface area contributed by atoms with Crippen LogP contribution >= 0.6 is 0 Å². The molecule has 0 spiro atoms. The molecule has 1 amide bonds. The third kappa shape index (κ3) is 8.14. The van der Waals surface area contributed by atoms with Gasteiger partial charge >= 0.3 is 6.09 Å². The van der Waals surface area contributed by atoms with Crippen molar-refractivity contribution < 1.29 is 24.2 Å². The Morgan fingerprint density at radius 2 is 1.89 bits per heavy atom. The van der Waals surface area contributed by atoms with Crippen molar-refractivity contribution in [3.63, 3.8) is 0 Å². The van der Waals surface area contributed by atoms with Gasteiger partial charge in [-0.3, -0.25) is 0 Å². The van der Waals surface area contributed by atoms with E-state index in [-0.39, 0.29) is 22.3 Å². The van der Waals surface area contributed by atoms with E-state index in [9.17, 15) is 15.0 Å². The van der Waals surface area contributed by atoms with Gasteiger partial charge in [-0.05, 0) is 66.1 Å². The van der Waals surface area contributed by atoms with Crippen LogP contribution in [-0.2, 0) is 4.43 Å². The summed E-state index contributed by atoms with van der Waals surface area (Å²) >= 11 is 0. The Labute approximate surface area is 212 Å². The maximum Gasteiger partial charge on any atom is 0.407 e. The molecule has 0 unspecified atom stereocenters. The van der Waals surface area contributed by atoms with E-state index in [0.29, 0.717) is 25.3 Å². The highest BCUT2D eigenvalue weighted by molar-refractivity contribution is 6.74. The molecule has 0 aromatic heterocycles. The zero-order valence-electron chi connectivity index (χ0n) is 22.9. The zero-order valence-corrected chi connectivity index (χ0v) is 23.9. The molecule has 0 saturated carbocycles. The van der Waals surface area contributed by atoms with Crippen molar-refractivity contribution >= 4 is 20.5 Å². The third-order valence-electron chi connectivity index (χ3n) is 6.89. The second-order valence-electron chi connectivity index (χ2n) is 12.3. The molecule has 1 aromatic rings. The fourth-order valence-corrected chi connectivity index (χ4v) is 5.33. The number of aromatic hydroxyl groups is 1. The lowest BCUT2D eigenvalue weighted by Gasteiger charge is -2.43. The molecule has 1 aliphatic rings. The van der Waals surface area contributed by atoms with Crippen LogP contribution in [0.4, 0.5) is 4.79 Å². The number of benzene rings is 1. The molecule has 6 nitrogen and oxygen atoms in total. The number of carbonyl (C=O) groups is 1. The van der Waals surface area contributed by atoms with Crippen LogP contribution in [-0.4, -0.2) is 54.8 Å². The lowest BCUT2D eigenvalue weighted by atomic mass is 9.90. The molecular formula is C28H45NO5Si. The summed E-state index contributed by atoms with van der Waals surface area (Å²) in [5.74, 6) is 0.445. The largest absolute Gasteiger partial charge is 0.504 e. The van der Waals surface area contributed by atoms with Crippen LogP contribution in [0, 0.1) is 5.41 Å². The first-order valence-electron chi connectivity index (χ1n) is 12.5. The van der Waals surface area contributed by atoms with Gasteiger partial charge in [0.1, 0.15) is 6.10 Å². The van der Waals surface area contributed by atoms with E-state index < -0.39 is 20.5 Å². The molecule has 0 fully saturated rings. The number of nitrogens with zero attached hydrogens (tertiary/aromatic N) is 1. The first kappa shape index (κ1) is 29.0. The summed E-state index contributed by atoms with van der Waals surface area (Å²) < 4.78 is 13.3. The average Bonchev–Trinajstić information content (AvgIpc) is 2.72. The number of carboxylic acid groups (broad SMARTS) is 1. The minimum Gasteiger partial charge on any atom is -0.504 e. The molecule has 7 heteroatoms. The van der Waals surface area contributed by atoms with Gasteiger partial charge in [-0.25, -0.2) is 4.79 Å². The van der Waals surface area contributed by atoms with Crippen molar-refractivity contribution in [3.8, 4) is 11.5 Å². The van der Waals surface area contributed by atoms with Crippen LogP contribution in [0.5, 0.6) is 11.5 Å². The zero-order chi connectivity index (χ0) is 26.6. The molecule has 0 aliphatic heterocycles. The minimum atomic E-state index is -2.10. The van der Waals surface area contributed by atoms with Crippen molar-refractivity contribution in [1.29, 1.82) is 0 Å². The standard InChI is InChI=1S/C28H45NO5Si/c1-10-20-14-15-22(30)24(18-20)33-25-21(16-17-29(26(31)32)19-27(2,3)4)12-11-13-23(25)34-35(8,9)28(5,6)7/h10,12,14-15,18,23,25,30H,1,11,13,16-17,19H2,2-9H3,(H,31,32)/t23-,25-/m0/s1. The monoisotopic (exact) mass is 503 g/mol. The number of hydrogen-bond acceptors (Lipinski definition) is 4. The average molecular weight is 504 g/mol. The van der Waals surface area contributed by atoms with E-state index in [4.69, 9.17) is 9.16 Å². The highest BCUT2D eigenvalue weighted by atomic mass is 28.4. The first-order valence-corrected chi connectivity index (χ1v) is 15.4. The van der Waals surface area contributed by atoms with Crippen molar-refractivity contribution in [2.24, 2.45) is 5.41 Å². The molecule has 0 radical (unpaired) electrons. The van der Waals surface area contributed by atoms with Crippen molar-refractivity contribution in [3.05, 3.63) is 42.0 Å². The smallest absolute Gasteiger partial charge is 0.407 e. The molecule has 2 atom stereocenters. The number of ether oxygens (including phenoxy) is 1. The normalized spacial score (nSPS) is 19.1. The van der Waals surface area contributed by atoms with E-state index in [1.807, 2.05) is 20.8 Å². The second kappa shape index (κ2) is 11.2. The van der Waals surface area contributed by atoms with Crippen molar-refractivity contribution in [1.82, 2.24) is 4.90 Å². The molecule has 35 heavy (non-hydrogen) atoms. The Hall–Kier alpha value is -2.25. The lowest BCUT2D eigenvalue weighted by molar-refractivity contribution is 0.0495. The van der Waals surface area contributed by atoms with Crippen LogP contribution < -0.4 is 4.74 Å². The molecule has 0 saturated heterocycles. The van der Waals surface area contributed by atoms with Gasteiger partial charge in [0, 0.05) is 13.1 Å². The first-order chi connectivity index (χ1) is 16.0. The number of hydrogen-bond donors (Lipinski definition) is 2. The summed E-state index contributed by atoms with van der Waals surface area (Å²) in [5, 5.41) is 20.3. The lowest BCUT2D eigenvalue weighted by Crippen LogP contribution is -2.50. The molecule has 2 N–H and O–H groups in total. The predicted octanol–water partition coefficient (Wildman–Crippen LogP) is 7.31. The maximum absolute atomic E-state index is 11.9. The Bertz CT molecular complexity index is 926. The van der Waals surface area contributed by atoms with Gasteiger partial charge < -0.3 is 24.3 Å². The van der Waals surface area contributed by atoms with E-state index in [1.165, 1.54) is 4.90 Å². The third-order valence-corrected chi connectivity index (χ3v) is 11.4. The Kier molecular flexibility index (Phi) is 9.28. The van der Waals surface area contributed by atoms with Gasteiger partial charge in [-0.15, -0.1) is 0 Å². The molecule has 2 rings (SSSR count).